The van der Waals surface area contributed by atoms with Crippen molar-refractivity contribution < 1.29 is 9.90 Å². The first kappa shape index (κ1) is 26.3. The van der Waals surface area contributed by atoms with E-state index in [0.29, 0.717) is 34.8 Å². The van der Waals surface area contributed by atoms with E-state index in [9.17, 15) is 9.90 Å². The lowest BCUT2D eigenvalue weighted by molar-refractivity contribution is 0.0747. The van der Waals surface area contributed by atoms with Crippen molar-refractivity contribution in [1.82, 2.24) is 15.3 Å². The Morgan fingerprint density at radius 3 is 2.61 bits per heavy atom. The van der Waals surface area contributed by atoms with Crippen LogP contribution in [0.25, 0.3) is 0 Å². The van der Waals surface area contributed by atoms with Crippen molar-refractivity contribution in [2.45, 2.75) is 76.5 Å². The number of ketones is 1. The van der Waals surface area contributed by atoms with E-state index >= 15 is 0 Å². The maximum atomic E-state index is 13.0. The summed E-state index contributed by atoms with van der Waals surface area (Å²) < 4.78 is 0. The first-order valence-electron chi connectivity index (χ1n) is 14.1. The van der Waals surface area contributed by atoms with Gasteiger partial charge < -0.3 is 20.6 Å². The Morgan fingerprint density at radius 2 is 1.82 bits per heavy atom. The third-order valence-corrected chi connectivity index (χ3v) is 7.63. The molecule has 2 atom stereocenters. The molecule has 7 nitrogen and oxygen atoms in total. The average molecular weight is 514 g/mol. The molecule has 3 aromatic rings. The Kier molecular flexibility index (Phi) is 8.66. The molecule has 0 radical (unpaired) electrons. The Hall–Kier alpha value is -3.29. The van der Waals surface area contributed by atoms with E-state index in [-0.39, 0.29) is 5.78 Å². The van der Waals surface area contributed by atoms with Crippen molar-refractivity contribution in [3.8, 4) is 0 Å². The molecule has 0 bridgehead atoms. The number of nitrogens with one attached hydrogen (secondary N) is 2. The van der Waals surface area contributed by atoms with Crippen molar-refractivity contribution in [2.24, 2.45) is 0 Å². The van der Waals surface area contributed by atoms with Gasteiger partial charge in [-0.05, 0) is 43.4 Å². The number of hydrogen-bond acceptors (Lipinski definition) is 7. The number of carbonyl (C=O) groups is 1. The van der Waals surface area contributed by atoms with Gasteiger partial charge in [0, 0.05) is 48.2 Å². The van der Waals surface area contributed by atoms with Crippen LogP contribution >= 0.6 is 0 Å². The molecule has 7 heteroatoms. The molecule has 2 heterocycles. The fourth-order valence-corrected chi connectivity index (χ4v) is 5.62. The Morgan fingerprint density at radius 1 is 1.00 bits per heavy atom. The van der Waals surface area contributed by atoms with Gasteiger partial charge in [0.2, 0.25) is 5.95 Å². The molecule has 200 valence electrons. The number of aromatic nitrogens is 2. The average Bonchev–Trinajstić information content (AvgIpc) is 3.42. The van der Waals surface area contributed by atoms with Gasteiger partial charge in [0.1, 0.15) is 11.9 Å². The fraction of sp³-hybridized carbons (Fsp3) is 0.452. The number of nitrogens with zero attached hydrogens (tertiary/aromatic N) is 3. The van der Waals surface area contributed by atoms with Gasteiger partial charge in [-0.2, -0.15) is 4.98 Å². The number of Topliss-reactive ketones (excluding diaryl/α,β-unsaturated/α-hetero) is 1. The third-order valence-electron chi connectivity index (χ3n) is 7.63. The predicted molar refractivity (Wildman–Crippen MR) is 152 cm³/mol. The minimum atomic E-state index is -1.20. The summed E-state index contributed by atoms with van der Waals surface area (Å²) in [5.41, 5.74) is 2.75. The van der Waals surface area contributed by atoms with E-state index < -0.39 is 6.10 Å². The highest BCUT2D eigenvalue weighted by atomic mass is 16.3. The van der Waals surface area contributed by atoms with Crippen LogP contribution in [0.4, 0.5) is 17.5 Å². The van der Waals surface area contributed by atoms with Crippen LogP contribution < -0.4 is 15.5 Å². The van der Waals surface area contributed by atoms with Crippen LogP contribution in [0.15, 0.2) is 60.7 Å². The lowest BCUT2D eigenvalue weighted by Gasteiger charge is -2.26. The topological polar surface area (TPSA) is 90.4 Å². The molecular weight excluding hydrogens is 474 g/mol. The van der Waals surface area contributed by atoms with Gasteiger partial charge in [0.05, 0.1) is 0 Å². The van der Waals surface area contributed by atoms with Crippen LogP contribution in [0.3, 0.4) is 0 Å². The maximum Gasteiger partial charge on any atom is 0.229 e. The lowest BCUT2D eigenvalue weighted by Crippen LogP contribution is -2.41. The second-order valence-electron chi connectivity index (χ2n) is 10.6. The van der Waals surface area contributed by atoms with E-state index in [1.165, 1.54) is 32.1 Å². The number of benzene rings is 2. The molecule has 1 aromatic heterocycles. The lowest BCUT2D eigenvalue weighted by atomic mass is 9.95. The summed E-state index contributed by atoms with van der Waals surface area (Å²) >= 11 is 0. The van der Waals surface area contributed by atoms with Crippen molar-refractivity contribution >= 4 is 23.2 Å². The number of anilines is 3. The normalized spacial score (nSPS) is 18.9. The molecule has 2 aliphatic rings. The van der Waals surface area contributed by atoms with Gasteiger partial charge in [-0.25, -0.2) is 4.98 Å². The number of aliphatic hydroxyl groups is 1. The summed E-state index contributed by atoms with van der Waals surface area (Å²) in [6, 6.07) is 19.5. The van der Waals surface area contributed by atoms with Gasteiger partial charge >= 0.3 is 0 Å². The highest BCUT2D eigenvalue weighted by Gasteiger charge is 2.27. The zero-order chi connectivity index (χ0) is 26.3. The zero-order valence-corrected chi connectivity index (χ0v) is 22.3. The first-order chi connectivity index (χ1) is 18.6. The van der Waals surface area contributed by atoms with E-state index in [2.05, 4.69) is 28.5 Å². The van der Waals surface area contributed by atoms with Crippen LogP contribution in [-0.2, 0) is 6.42 Å². The number of aryl methyl sites for hydroxylation is 1. The molecule has 1 saturated heterocycles. The molecule has 0 spiro atoms. The van der Waals surface area contributed by atoms with Crippen LogP contribution in [0.2, 0.25) is 0 Å². The van der Waals surface area contributed by atoms with Crippen LogP contribution in [0, 0.1) is 0 Å². The molecule has 1 saturated carbocycles. The van der Waals surface area contributed by atoms with E-state index in [0.717, 1.165) is 43.9 Å². The fourth-order valence-electron chi connectivity index (χ4n) is 5.62. The van der Waals surface area contributed by atoms with Crippen LogP contribution in [0.1, 0.15) is 79.6 Å². The van der Waals surface area contributed by atoms with Gasteiger partial charge in [0.25, 0.3) is 0 Å². The van der Waals surface area contributed by atoms with Crippen molar-refractivity contribution in [3.05, 3.63) is 77.5 Å². The molecule has 1 unspecified atom stereocenters. The molecule has 38 heavy (non-hydrogen) atoms. The minimum Gasteiger partial charge on any atom is -0.380 e. The highest BCUT2D eigenvalue weighted by Crippen LogP contribution is 2.26. The van der Waals surface area contributed by atoms with E-state index in [1.54, 1.807) is 24.3 Å². The SMILES string of the molecule is CCCc1cc(N2CCC(NC3CCCCC3)C2)nc(Nc2cccc(C(=O)[C@@H](O)c3ccccc3)c2)n1. The number of rotatable bonds is 10. The molecule has 5 rings (SSSR count). The second kappa shape index (κ2) is 12.5. The summed E-state index contributed by atoms with van der Waals surface area (Å²) in [5.74, 6) is 1.14. The summed E-state index contributed by atoms with van der Waals surface area (Å²) in [6.45, 7) is 4.09. The summed E-state index contributed by atoms with van der Waals surface area (Å²) in [5, 5.41) is 17.8. The summed E-state index contributed by atoms with van der Waals surface area (Å²) in [7, 11) is 0. The smallest absolute Gasteiger partial charge is 0.229 e. The minimum absolute atomic E-state index is 0.338. The van der Waals surface area contributed by atoms with Gasteiger partial charge in [-0.3, -0.25) is 4.79 Å². The Bertz CT molecular complexity index is 1210. The zero-order valence-electron chi connectivity index (χ0n) is 22.3. The monoisotopic (exact) mass is 513 g/mol. The molecule has 1 aliphatic heterocycles. The number of carbonyl (C=O) groups excluding carboxylic acids is 1. The number of aliphatic hydroxyl groups excluding tert-OH is 1. The Labute approximate surface area is 225 Å². The van der Waals surface area contributed by atoms with Crippen LogP contribution in [-0.4, -0.2) is 46.0 Å². The molecule has 0 amide bonds. The number of hydrogen-bond donors (Lipinski definition) is 3. The largest absolute Gasteiger partial charge is 0.380 e. The first-order valence-corrected chi connectivity index (χ1v) is 14.1. The van der Waals surface area contributed by atoms with Gasteiger partial charge in [0.15, 0.2) is 5.78 Å². The van der Waals surface area contributed by atoms with Crippen molar-refractivity contribution in [1.29, 1.82) is 0 Å². The van der Waals surface area contributed by atoms with Crippen LogP contribution in [0.5, 0.6) is 0 Å². The highest BCUT2D eigenvalue weighted by molar-refractivity contribution is 6.00. The van der Waals surface area contributed by atoms with E-state index in [1.807, 2.05) is 30.3 Å². The van der Waals surface area contributed by atoms with E-state index in [4.69, 9.17) is 9.97 Å². The molecule has 1 aliphatic carbocycles. The second-order valence-corrected chi connectivity index (χ2v) is 10.6. The standard InChI is InChI=1S/C31H39N5O2/c1-2-10-25-20-28(36-18-17-27(21-36)32-24-14-7-4-8-15-24)35-31(33-25)34-26-16-9-13-23(19-26)30(38)29(37)22-11-5-3-6-12-22/h3,5-6,9,11-13,16,19-20,24,27,29,32,37H,2,4,7-8,10,14-15,17-18,21H2,1H3,(H,33,34,35)/t27?,29-/m0/s1. The third kappa shape index (κ3) is 6.58. The maximum absolute atomic E-state index is 13.0. The Balaban J connectivity index is 1.30. The summed E-state index contributed by atoms with van der Waals surface area (Å²) in [4.78, 5) is 25.0. The quantitative estimate of drug-likeness (QED) is 0.305. The molecular formula is C31H39N5O2. The predicted octanol–water partition coefficient (Wildman–Crippen LogP) is 5.59. The molecule has 2 aromatic carbocycles. The summed E-state index contributed by atoms with van der Waals surface area (Å²) in [6.07, 6.45) is 8.45. The van der Waals surface area contributed by atoms with Crippen molar-refractivity contribution in [3.63, 3.8) is 0 Å². The van der Waals surface area contributed by atoms with Gasteiger partial charge in [-0.1, -0.05) is 75.1 Å². The van der Waals surface area contributed by atoms with Crippen molar-refractivity contribution in [2.75, 3.05) is 23.3 Å². The molecule has 3 N–H and O–H groups in total. The molecule has 2 fully saturated rings. The van der Waals surface area contributed by atoms with Gasteiger partial charge in [-0.15, -0.1) is 0 Å².